The number of ketones is 1. The lowest BCUT2D eigenvalue weighted by molar-refractivity contribution is -0.124. The van der Waals surface area contributed by atoms with Gasteiger partial charge in [-0.15, -0.1) is 0 Å². The highest BCUT2D eigenvalue weighted by Gasteiger charge is 2.01. The van der Waals surface area contributed by atoms with Gasteiger partial charge in [0.1, 0.15) is 6.61 Å². The first kappa shape index (κ1) is 30.9. The number of amides is 1. The van der Waals surface area contributed by atoms with Crippen LogP contribution in [-0.4, -0.2) is 83.8 Å². The zero-order chi connectivity index (χ0) is 23.7. The molecule has 0 aliphatic heterocycles. The van der Waals surface area contributed by atoms with E-state index in [1.165, 1.54) is 19.3 Å². The van der Waals surface area contributed by atoms with Crippen molar-refractivity contribution in [1.29, 1.82) is 0 Å². The van der Waals surface area contributed by atoms with Gasteiger partial charge in [0, 0.05) is 26.0 Å². The molecule has 0 heterocycles. The van der Waals surface area contributed by atoms with Crippen molar-refractivity contribution < 1.29 is 33.3 Å². The minimum absolute atomic E-state index is 0.0929. The Kier molecular flexibility index (Phi) is 23.8. The molecule has 1 N–H and O–H groups in total. The van der Waals surface area contributed by atoms with Crippen LogP contribution in [0.1, 0.15) is 72.1 Å². The molecule has 0 saturated carbocycles. The predicted octanol–water partition coefficient (Wildman–Crippen LogP) is 3.30. The summed E-state index contributed by atoms with van der Waals surface area (Å²) in [6.07, 6.45) is 8.14. The van der Waals surface area contributed by atoms with Crippen molar-refractivity contribution in [3.05, 3.63) is 0 Å². The van der Waals surface area contributed by atoms with Crippen molar-refractivity contribution in [2.75, 3.05) is 66.0 Å². The smallest absolute Gasteiger partial charge is 0.220 e. The lowest BCUT2D eigenvalue weighted by Gasteiger charge is -2.08. The van der Waals surface area contributed by atoms with Crippen LogP contribution in [-0.2, 0) is 33.3 Å². The molecule has 0 unspecified atom stereocenters. The monoisotopic (exact) mass is 461 g/mol. The van der Waals surface area contributed by atoms with E-state index in [4.69, 9.17) is 23.7 Å². The van der Waals surface area contributed by atoms with Crippen molar-refractivity contribution in [2.45, 2.75) is 78.2 Å². The zero-order valence-electron chi connectivity index (χ0n) is 20.7. The number of unbranched alkanes of at least 4 members (excludes halogenated alkanes) is 5. The number of ether oxygens (including phenoxy) is 5. The summed E-state index contributed by atoms with van der Waals surface area (Å²) in [7, 11) is 0. The predicted molar refractivity (Wildman–Crippen MR) is 125 cm³/mol. The van der Waals surface area contributed by atoms with Crippen molar-refractivity contribution in [3.8, 4) is 0 Å². The highest BCUT2D eigenvalue weighted by atomic mass is 16.6. The summed E-state index contributed by atoms with van der Waals surface area (Å²) < 4.78 is 26.9. The molecule has 1 amide bonds. The van der Waals surface area contributed by atoms with Crippen molar-refractivity contribution >= 4 is 11.7 Å². The molecule has 0 aromatic carbocycles. The molecule has 0 aliphatic carbocycles. The second-order valence-corrected chi connectivity index (χ2v) is 7.92. The molecular formula is C24H47NO7. The number of hydrogen-bond donors (Lipinski definition) is 1. The van der Waals surface area contributed by atoms with Gasteiger partial charge in [-0.25, -0.2) is 0 Å². The Morgan fingerprint density at radius 2 is 1.22 bits per heavy atom. The number of Topliss-reactive ketones (excluding diaryl/α,β-unsaturated/α-hetero) is 1. The molecule has 0 spiro atoms. The summed E-state index contributed by atoms with van der Waals surface area (Å²) in [6.45, 7) is 10.8. The van der Waals surface area contributed by atoms with Crippen LogP contribution < -0.4 is 5.32 Å². The van der Waals surface area contributed by atoms with E-state index in [1.54, 1.807) is 0 Å². The van der Waals surface area contributed by atoms with Gasteiger partial charge in [0.2, 0.25) is 5.91 Å². The molecule has 0 fully saturated rings. The average Bonchev–Trinajstić information content (AvgIpc) is 2.77. The Balaban J connectivity index is 3.18. The molecule has 8 nitrogen and oxygen atoms in total. The van der Waals surface area contributed by atoms with Gasteiger partial charge in [0.15, 0.2) is 5.78 Å². The number of carbonyl (C=O) groups excluding carboxylic acids is 2. The standard InChI is InChI=1S/C24H47NO7/c1-4-23(26)21-31-20-19-30-18-17-29-16-15-28-14-12-25-24(27)11-9-7-5-6-8-10-13-32-22(2)3/h22H,4-21H2,1-3H3,(H,25,27). The third-order valence-corrected chi connectivity index (χ3v) is 4.59. The fraction of sp³-hybridized carbons (Fsp3) is 0.917. The lowest BCUT2D eigenvalue weighted by atomic mass is 10.1. The second kappa shape index (κ2) is 24.6. The van der Waals surface area contributed by atoms with Gasteiger partial charge < -0.3 is 29.0 Å². The average molecular weight is 462 g/mol. The minimum Gasteiger partial charge on any atom is -0.379 e. The highest BCUT2D eigenvalue weighted by Crippen LogP contribution is 2.07. The van der Waals surface area contributed by atoms with Crippen LogP contribution >= 0.6 is 0 Å². The molecule has 0 atom stereocenters. The fourth-order valence-electron chi connectivity index (χ4n) is 2.71. The highest BCUT2D eigenvalue weighted by molar-refractivity contribution is 5.79. The molecule has 0 radical (unpaired) electrons. The summed E-state index contributed by atoms with van der Waals surface area (Å²) in [5.74, 6) is 0.188. The fourth-order valence-corrected chi connectivity index (χ4v) is 2.71. The number of rotatable bonds is 25. The summed E-state index contributed by atoms with van der Waals surface area (Å²) in [4.78, 5) is 22.8. The van der Waals surface area contributed by atoms with E-state index in [-0.39, 0.29) is 18.3 Å². The van der Waals surface area contributed by atoms with Gasteiger partial charge >= 0.3 is 0 Å². The van der Waals surface area contributed by atoms with Crippen LogP contribution in [0.4, 0.5) is 0 Å². The molecule has 0 aromatic rings. The molecule has 8 heteroatoms. The molecule has 0 aliphatic rings. The number of nitrogens with one attached hydrogen (secondary N) is 1. The Labute approximate surface area is 195 Å². The van der Waals surface area contributed by atoms with Crippen LogP contribution in [0.3, 0.4) is 0 Å². The minimum atomic E-state index is 0.0929. The third kappa shape index (κ3) is 25.2. The Hall–Kier alpha value is -1.06. The first-order valence-electron chi connectivity index (χ1n) is 12.3. The maximum atomic E-state index is 11.8. The largest absolute Gasteiger partial charge is 0.379 e. The molecule has 0 bridgehead atoms. The summed E-state index contributed by atoms with van der Waals surface area (Å²) in [6, 6.07) is 0. The van der Waals surface area contributed by atoms with Crippen LogP contribution in [0.15, 0.2) is 0 Å². The Bertz CT molecular complexity index is 433. The summed E-state index contributed by atoms with van der Waals surface area (Å²) >= 11 is 0. The Morgan fingerprint density at radius 3 is 1.81 bits per heavy atom. The van der Waals surface area contributed by atoms with Crippen LogP contribution in [0, 0.1) is 0 Å². The van der Waals surface area contributed by atoms with Crippen molar-refractivity contribution in [2.24, 2.45) is 0 Å². The third-order valence-electron chi connectivity index (χ3n) is 4.59. The number of hydrogen-bond acceptors (Lipinski definition) is 7. The van der Waals surface area contributed by atoms with Gasteiger partial charge in [0.25, 0.3) is 0 Å². The number of carbonyl (C=O) groups is 2. The molecule has 0 rings (SSSR count). The molecule has 0 aromatic heterocycles. The maximum absolute atomic E-state index is 11.8. The topological polar surface area (TPSA) is 92.3 Å². The summed E-state index contributed by atoms with van der Waals surface area (Å²) in [5, 5.41) is 2.88. The van der Waals surface area contributed by atoms with Crippen LogP contribution in [0.5, 0.6) is 0 Å². The van der Waals surface area contributed by atoms with Gasteiger partial charge in [-0.05, 0) is 26.7 Å². The SMILES string of the molecule is CCC(=O)COCCOCCOCCOCCNC(=O)CCCCCCCCOC(C)C. The first-order chi connectivity index (χ1) is 15.6. The van der Waals surface area contributed by atoms with E-state index in [0.717, 1.165) is 25.9 Å². The van der Waals surface area contributed by atoms with Crippen molar-refractivity contribution in [3.63, 3.8) is 0 Å². The van der Waals surface area contributed by atoms with Gasteiger partial charge in [-0.1, -0.05) is 32.6 Å². The summed E-state index contributed by atoms with van der Waals surface area (Å²) in [5.41, 5.74) is 0. The van der Waals surface area contributed by atoms with Crippen LogP contribution in [0.2, 0.25) is 0 Å². The molecule has 32 heavy (non-hydrogen) atoms. The van der Waals surface area contributed by atoms with Crippen molar-refractivity contribution in [1.82, 2.24) is 5.32 Å². The van der Waals surface area contributed by atoms with Crippen LogP contribution in [0.25, 0.3) is 0 Å². The quantitative estimate of drug-likeness (QED) is 0.209. The second-order valence-electron chi connectivity index (χ2n) is 7.92. The van der Waals surface area contributed by atoms with Gasteiger partial charge in [-0.2, -0.15) is 0 Å². The normalized spacial score (nSPS) is 11.2. The molecule has 0 saturated heterocycles. The van der Waals surface area contributed by atoms with E-state index in [1.807, 2.05) is 6.92 Å². The maximum Gasteiger partial charge on any atom is 0.220 e. The lowest BCUT2D eigenvalue weighted by Crippen LogP contribution is -2.27. The van der Waals surface area contributed by atoms with Gasteiger partial charge in [-0.3, -0.25) is 9.59 Å². The Morgan fingerprint density at radius 1 is 0.688 bits per heavy atom. The zero-order valence-corrected chi connectivity index (χ0v) is 20.7. The van der Waals surface area contributed by atoms with E-state index in [2.05, 4.69) is 19.2 Å². The first-order valence-corrected chi connectivity index (χ1v) is 12.3. The van der Waals surface area contributed by atoms with E-state index in [9.17, 15) is 9.59 Å². The van der Waals surface area contributed by atoms with E-state index >= 15 is 0 Å². The molecule has 190 valence electrons. The van der Waals surface area contributed by atoms with E-state index < -0.39 is 0 Å². The van der Waals surface area contributed by atoms with Gasteiger partial charge in [0.05, 0.1) is 52.4 Å². The van der Waals surface area contributed by atoms with E-state index in [0.29, 0.717) is 71.7 Å². The molecular weight excluding hydrogens is 414 g/mol.